The van der Waals surface area contributed by atoms with Gasteiger partial charge in [-0.25, -0.2) is 4.79 Å². The van der Waals surface area contributed by atoms with Gasteiger partial charge in [-0.2, -0.15) is 0 Å². The number of benzene rings is 2. The Kier molecular flexibility index (Phi) is 5.64. The number of carbonyl (C=O) groups excluding carboxylic acids is 1. The van der Waals surface area contributed by atoms with Crippen molar-refractivity contribution in [3.05, 3.63) is 64.6 Å². The molecule has 2 aromatic carbocycles. The monoisotopic (exact) mass is 367 g/mol. The minimum atomic E-state index is -0.178. The molecule has 0 aliphatic carbocycles. The summed E-state index contributed by atoms with van der Waals surface area (Å²) in [6.45, 7) is 4.81. The first-order valence-electron chi connectivity index (χ1n) is 9.17. The Balaban J connectivity index is 1.72. The number of aromatic nitrogens is 2. The van der Waals surface area contributed by atoms with Gasteiger partial charge in [0.25, 0.3) is 0 Å². The van der Waals surface area contributed by atoms with Gasteiger partial charge in [-0.15, -0.1) is 0 Å². The lowest BCUT2D eigenvalue weighted by atomic mass is 10.1. The summed E-state index contributed by atoms with van der Waals surface area (Å²) in [6.07, 6.45) is 0.233. The van der Waals surface area contributed by atoms with Crippen molar-refractivity contribution in [1.82, 2.24) is 14.5 Å². The van der Waals surface area contributed by atoms with Crippen molar-refractivity contribution in [2.24, 2.45) is 0 Å². The number of hydrogen-bond donors (Lipinski definition) is 1. The molecule has 3 aromatic rings. The number of carbonyl (C=O) groups is 1. The third kappa shape index (κ3) is 3.74. The van der Waals surface area contributed by atoms with Gasteiger partial charge in [0.2, 0.25) is 5.91 Å². The molecule has 6 nitrogen and oxygen atoms in total. The van der Waals surface area contributed by atoms with Crippen LogP contribution in [-0.2, 0) is 17.9 Å². The first-order valence-corrected chi connectivity index (χ1v) is 9.17. The van der Waals surface area contributed by atoms with Crippen LogP contribution in [0.4, 0.5) is 0 Å². The zero-order valence-corrected chi connectivity index (χ0v) is 15.9. The molecule has 0 spiro atoms. The number of imidazole rings is 1. The van der Waals surface area contributed by atoms with Crippen LogP contribution in [-0.4, -0.2) is 22.2 Å². The molecule has 0 aliphatic heterocycles. The summed E-state index contributed by atoms with van der Waals surface area (Å²) in [6, 6.07) is 15.1. The van der Waals surface area contributed by atoms with Gasteiger partial charge in [-0.05, 0) is 32.0 Å². The molecule has 1 amide bonds. The summed E-state index contributed by atoms with van der Waals surface area (Å²) < 4.78 is 8.76. The van der Waals surface area contributed by atoms with Crippen LogP contribution in [0.2, 0.25) is 0 Å². The summed E-state index contributed by atoms with van der Waals surface area (Å²) >= 11 is 0. The summed E-state index contributed by atoms with van der Waals surface area (Å²) in [5, 5.41) is 2.99. The fraction of sp³-hybridized carbons (Fsp3) is 0.333. The third-order valence-electron chi connectivity index (χ3n) is 4.79. The van der Waals surface area contributed by atoms with Gasteiger partial charge in [0, 0.05) is 25.1 Å². The third-order valence-corrected chi connectivity index (χ3v) is 4.79. The van der Waals surface area contributed by atoms with E-state index in [-0.39, 0.29) is 24.1 Å². The largest absolute Gasteiger partial charge is 0.496 e. The standard InChI is InChI=1S/C21H25N3O3/c1-4-23-17-10-6-7-11-18(17)24(21(23)26)14-13-20(25)22-15(2)16-9-5-8-12-19(16)27-3/h5-12,15H,4,13-14H2,1-3H3,(H,22,25). The Morgan fingerprint density at radius 2 is 1.70 bits per heavy atom. The minimum Gasteiger partial charge on any atom is -0.496 e. The van der Waals surface area contributed by atoms with Gasteiger partial charge in [0.1, 0.15) is 5.75 Å². The molecule has 6 heteroatoms. The van der Waals surface area contributed by atoms with E-state index in [0.29, 0.717) is 13.1 Å². The molecule has 1 N–H and O–H groups in total. The maximum absolute atomic E-state index is 12.6. The van der Waals surface area contributed by atoms with Crippen molar-refractivity contribution in [1.29, 1.82) is 0 Å². The summed E-state index contributed by atoms with van der Waals surface area (Å²) in [5.41, 5.74) is 2.60. The van der Waals surface area contributed by atoms with E-state index in [0.717, 1.165) is 22.3 Å². The number of nitrogens with zero attached hydrogens (tertiary/aromatic N) is 2. The zero-order chi connectivity index (χ0) is 19.4. The van der Waals surface area contributed by atoms with Crippen LogP contribution in [0.15, 0.2) is 53.3 Å². The zero-order valence-electron chi connectivity index (χ0n) is 15.9. The maximum Gasteiger partial charge on any atom is 0.329 e. The van der Waals surface area contributed by atoms with E-state index in [1.165, 1.54) is 0 Å². The highest BCUT2D eigenvalue weighted by Crippen LogP contribution is 2.24. The molecule has 142 valence electrons. The van der Waals surface area contributed by atoms with Crippen LogP contribution in [0, 0.1) is 0 Å². The molecule has 1 aromatic heterocycles. The predicted octanol–water partition coefficient (Wildman–Crippen LogP) is 3.10. The molecule has 0 saturated heterocycles. The molecule has 0 saturated carbocycles. The van der Waals surface area contributed by atoms with Crippen LogP contribution in [0.3, 0.4) is 0 Å². The lowest BCUT2D eigenvalue weighted by Gasteiger charge is -2.17. The Labute approximate surface area is 158 Å². The highest BCUT2D eigenvalue weighted by molar-refractivity contribution is 5.78. The average molecular weight is 367 g/mol. The summed E-state index contributed by atoms with van der Waals surface area (Å²) in [7, 11) is 1.61. The molecule has 1 heterocycles. The number of fused-ring (bicyclic) bond motifs is 1. The van der Waals surface area contributed by atoms with E-state index >= 15 is 0 Å². The highest BCUT2D eigenvalue weighted by Gasteiger charge is 2.16. The second kappa shape index (κ2) is 8.12. The van der Waals surface area contributed by atoms with Gasteiger partial charge in [-0.3, -0.25) is 13.9 Å². The SMILES string of the molecule is CCn1c(=O)n(CCC(=O)NC(C)c2ccccc2OC)c2ccccc21. The second-order valence-electron chi connectivity index (χ2n) is 6.45. The average Bonchev–Trinajstić information content (AvgIpc) is 2.96. The van der Waals surface area contributed by atoms with Crippen molar-refractivity contribution >= 4 is 16.9 Å². The number of amides is 1. The molecule has 27 heavy (non-hydrogen) atoms. The number of aryl methyl sites for hydroxylation is 2. The molecular weight excluding hydrogens is 342 g/mol. The van der Waals surface area contributed by atoms with Crippen molar-refractivity contribution in [3.8, 4) is 5.75 Å². The Bertz CT molecular complexity index is 1000. The van der Waals surface area contributed by atoms with E-state index in [2.05, 4.69) is 5.32 Å². The number of nitrogens with one attached hydrogen (secondary N) is 1. The molecular formula is C21H25N3O3. The van der Waals surface area contributed by atoms with Crippen molar-refractivity contribution < 1.29 is 9.53 Å². The van der Waals surface area contributed by atoms with Gasteiger partial charge in [-0.1, -0.05) is 30.3 Å². The lowest BCUT2D eigenvalue weighted by Crippen LogP contribution is -2.30. The first kappa shape index (κ1) is 18.8. The van der Waals surface area contributed by atoms with Crippen LogP contribution >= 0.6 is 0 Å². The Morgan fingerprint density at radius 3 is 2.37 bits per heavy atom. The van der Waals surface area contributed by atoms with Crippen LogP contribution < -0.4 is 15.7 Å². The topological polar surface area (TPSA) is 65.3 Å². The number of para-hydroxylation sites is 3. The summed E-state index contributed by atoms with van der Waals surface area (Å²) in [4.78, 5) is 25.1. The van der Waals surface area contributed by atoms with Crippen molar-refractivity contribution in [2.45, 2.75) is 39.4 Å². The van der Waals surface area contributed by atoms with Crippen LogP contribution in [0.5, 0.6) is 5.75 Å². The van der Waals surface area contributed by atoms with Crippen molar-refractivity contribution in [2.75, 3.05) is 7.11 Å². The number of hydrogen-bond acceptors (Lipinski definition) is 3. The molecule has 3 rings (SSSR count). The van der Waals surface area contributed by atoms with E-state index in [1.807, 2.05) is 62.4 Å². The van der Waals surface area contributed by atoms with Gasteiger partial charge in [0.05, 0.1) is 24.2 Å². The number of ether oxygens (including phenoxy) is 1. The van der Waals surface area contributed by atoms with Crippen LogP contribution in [0.1, 0.15) is 31.9 Å². The minimum absolute atomic E-state index is 0.0794. The van der Waals surface area contributed by atoms with Gasteiger partial charge >= 0.3 is 5.69 Å². The fourth-order valence-electron chi connectivity index (χ4n) is 3.42. The van der Waals surface area contributed by atoms with E-state index < -0.39 is 0 Å². The lowest BCUT2D eigenvalue weighted by molar-refractivity contribution is -0.121. The molecule has 1 unspecified atom stereocenters. The number of rotatable bonds is 7. The van der Waals surface area contributed by atoms with E-state index in [9.17, 15) is 9.59 Å². The molecule has 0 aliphatic rings. The van der Waals surface area contributed by atoms with Gasteiger partial charge in [0.15, 0.2) is 0 Å². The molecule has 0 fully saturated rings. The maximum atomic E-state index is 12.6. The Hall–Kier alpha value is -3.02. The first-order chi connectivity index (χ1) is 13.1. The smallest absolute Gasteiger partial charge is 0.329 e. The summed E-state index contributed by atoms with van der Waals surface area (Å²) in [5.74, 6) is 0.640. The van der Waals surface area contributed by atoms with Crippen LogP contribution in [0.25, 0.3) is 11.0 Å². The molecule has 0 bridgehead atoms. The fourth-order valence-corrected chi connectivity index (χ4v) is 3.42. The quantitative estimate of drug-likeness (QED) is 0.698. The van der Waals surface area contributed by atoms with E-state index in [1.54, 1.807) is 16.2 Å². The van der Waals surface area contributed by atoms with E-state index in [4.69, 9.17) is 4.74 Å². The normalized spacial score (nSPS) is 12.1. The molecule has 1 atom stereocenters. The predicted molar refractivity (Wildman–Crippen MR) is 106 cm³/mol. The van der Waals surface area contributed by atoms with Gasteiger partial charge < -0.3 is 10.1 Å². The molecule has 0 radical (unpaired) electrons. The number of methoxy groups -OCH3 is 1. The highest BCUT2D eigenvalue weighted by atomic mass is 16.5. The van der Waals surface area contributed by atoms with Crippen molar-refractivity contribution in [3.63, 3.8) is 0 Å². The second-order valence-corrected chi connectivity index (χ2v) is 6.45. The Morgan fingerprint density at radius 1 is 1.07 bits per heavy atom.